The molecule has 1 aromatic rings. The first kappa shape index (κ1) is 14.9. The van der Waals surface area contributed by atoms with E-state index in [9.17, 15) is 4.79 Å². The van der Waals surface area contributed by atoms with Crippen molar-refractivity contribution in [3.63, 3.8) is 0 Å². The summed E-state index contributed by atoms with van der Waals surface area (Å²) >= 11 is 6.06. The highest BCUT2D eigenvalue weighted by molar-refractivity contribution is 6.30. The lowest BCUT2D eigenvalue weighted by Gasteiger charge is -2.30. The molecule has 1 aliphatic carbocycles. The molecule has 0 radical (unpaired) electrons. The Morgan fingerprint density at radius 3 is 3.00 bits per heavy atom. The van der Waals surface area contributed by atoms with Crippen molar-refractivity contribution in [3.8, 4) is 0 Å². The molecule has 0 unspecified atom stereocenters. The summed E-state index contributed by atoms with van der Waals surface area (Å²) in [7, 11) is 0. The van der Waals surface area contributed by atoms with Crippen LogP contribution in [0.4, 0.5) is 0 Å². The zero-order valence-electron chi connectivity index (χ0n) is 12.7. The number of nitrogens with one attached hydrogen (secondary N) is 1. The van der Waals surface area contributed by atoms with Crippen LogP contribution in [0.2, 0.25) is 5.02 Å². The minimum absolute atomic E-state index is 0.163. The third kappa shape index (κ3) is 2.95. The number of carbonyl (C=O) groups excluding carboxylic acids is 1. The number of fused-ring (bicyclic) bond motifs is 1. The standard InChI is InChI=1S/C17H23ClN2O/c1-12(21)20(10-13-4-3-5-15(18)6-13)16-7-14-9-19-11-17(14,2)8-16/h3-6,14,16,19H,7-11H2,1-2H3/t14-,16-,17+/m0/s1. The molecule has 1 amide bonds. The molecule has 0 aromatic heterocycles. The molecule has 114 valence electrons. The van der Waals surface area contributed by atoms with Gasteiger partial charge in [-0.15, -0.1) is 0 Å². The van der Waals surface area contributed by atoms with E-state index in [1.165, 1.54) is 0 Å². The average molecular weight is 307 g/mol. The second-order valence-corrected chi connectivity index (χ2v) is 7.29. The summed E-state index contributed by atoms with van der Waals surface area (Å²) in [6.07, 6.45) is 2.22. The number of benzene rings is 1. The molecule has 2 fully saturated rings. The van der Waals surface area contributed by atoms with Gasteiger partial charge in [0.05, 0.1) is 0 Å². The van der Waals surface area contributed by atoms with Gasteiger partial charge < -0.3 is 10.2 Å². The number of amides is 1. The topological polar surface area (TPSA) is 32.3 Å². The lowest BCUT2D eigenvalue weighted by Crippen LogP contribution is -2.38. The molecular formula is C17H23ClN2O. The van der Waals surface area contributed by atoms with Gasteiger partial charge in [0.1, 0.15) is 0 Å². The van der Waals surface area contributed by atoms with Gasteiger partial charge in [-0.3, -0.25) is 4.79 Å². The fraction of sp³-hybridized carbons (Fsp3) is 0.588. The van der Waals surface area contributed by atoms with Gasteiger partial charge in [0.2, 0.25) is 5.91 Å². The zero-order valence-corrected chi connectivity index (χ0v) is 13.5. The summed E-state index contributed by atoms with van der Waals surface area (Å²) in [4.78, 5) is 14.2. The van der Waals surface area contributed by atoms with E-state index in [4.69, 9.17) is 11.6 Å². The van der Waals surface area contributed by atoms with Gasteiger partial charge in [-0.05, 0) is 48.4 Å². The molecule has 1 saturated carbocycles. The van der Waals surface area contributed by atoms with E-state index in [1.807, 2.05) is 29.2 Å². The van der Waals surface area contributed by atoms with Crippen LogP contribution in [0.5, 0.6) is 0 Å². The van der Waals surface area contributed by atoms with Crippen molar-refractivity contribution in [2.75, 3.05) is 13.1 Å². The summed E-state index contributed by atoms with van der Waals surface area (Å²) in [6.45, 7) is 6.87. The van der Waals surface area contributed by atoms with E-state index in [2.05, 4.69) is 12.2 Å². The maximum absolute atomic E-state index is 12.1. The molecule has 3 atom stereocenters. The molecule has 4 heteroatoms. The third-order valence-corrected chi connectivity index (χ3v) is 5.49. The molecule has 1 heterocycles. The predicted molar refractivity (Wildman–Crippen MR) is 85.2 cm³/mol. The van der Waals surface area contributed by atoms with Gasteiger partial charge in [0.15, 0.2) is 0 Å². The zero-order chi connectivity index (χ0) is 15.0. The SMILES string of the molecule is CC(=O)N(Cc1cccc(Cl)c1)[C@H]1C[C@H]2CNC[C@@]2(C)C1. The molecule has 2 aliphatic rings. The van der Waals surface area contributed by atoms with E-state index in [-0.39, 0.29) is 5.91 Å². The van der Waals surface area contributed by atoms with E-state index >= 15 is 0 Å². The van der Waals surface area contributed by atoms with Crippen LogP contribution in [-0.2, 0) is 11.3 Å². The van der Waals surface area contributed by atoms with Crippen LogP contribution in [0.15, 0.2) is 24.3 Å². The quantitative estimate of drug-likeness (QED) is 0.931. The molecule has 0 bridgehead atoms. The Balaban J connectivity index is 1.75. The number of carbonyl (C=O) groups is 1. The van der Waals surface area contributed by atoms with Crippen molar-refractivity contribution in [3.05, 3.63) is 34.9 Å². The van der Waals surface area contributed by atoms with Crippen molar-refractivity contribution < 1.29 is 4.79 Å². The van der Waals surface area contributed by atoms with Crippen molar-refractivity contribution >= 4 is 17.5 Å². The van der Waals surface area contributed by atoms with Gasteiger partial charge in [0, 0.05) is 31.1 Å². The maximum atomic E-state index is 12.1. The van der Waals surface area contributed by atoms with Gasteiger partial charge in [-0.1, -0.05) is 30.7 Å². The minimum atomic E-state index is 0.163. The van der Waals surface area contributed by atoms with Crippen LogP contribution in [-0.4, -0.2) is 29.9 Å². The Morgan fingerprint density at radius 2 is 2.33 bits per heavy atom. The van der Waals surface area contributed by atoms with Gasteiger partial charge in [-0.2, -0.15) is 0 Å². The van der Waals surface area contributed by atoms with Crippen LogP contribution < -0.4 is 5.32 Å². The average Bonchev–Trinajstić information content (AvgIpc) is 2.90. The van der Waals surface area contributed by atoms with E-state index < -0.39 is 0 Å². The minimum Gasteiger partial charge on any atom is -0.336 e. The Labute approximate surface area is 131 Å². The van der Waals surface area contributed by atoms with Gasteiger partial charge >= 0.3 is 0 Å². The van der Waals surface area contributed by atoms with Crippen molar-refractivity contribution in [2.45, 2.75) is 39.3 Å². The molecule has 21 heavy (non-hydrogen) atoms. The summed E-state index contributed by atoms with van der Waals surface area (Å²) in [5, 5.41) is 4.22. The van der Waals surface area contributed by atoms with Gasteiger partial charge in [0.25, 0.3) is 0 Å². The second kappa shape index (κ2) is 5.62. The smallest absolute Gasteiger partial charge is 0.219 e. The van der Waals surface area contributed by atoms with Crippen LogP contribution in [0, 0.1) is 11.3 Å². The largest absolute Gasteiger partial charge is 0.336 e. The summed E-state index contributed by atoms with van der Waals surface area (Å²) in [5.74, 6) is 0.861. The van der Waals surface area contributed by atoms with Crippen molar-refractivity contribution in [1.82, 2.24) is 10.2 Å². The third-order valence-electron chi connectivity index (χ3n) is 5.25. The van der Waals surface area contributed by atoms with Crippen LogP contribution in [0.25, 0.3) is 0 Å². The molecule has 1 N–H and O–H groups in total. The normalized spacial score (nSPS) is 31.2. The fourth-order valence-electron chi connectivity index (χ4n) is 4.05. The first-order valence-corrected chi connectivity index (χ1v) is 8.08. The number of hydrogen-bond donors (Lipinski definition) is 1. The van der Waals surface area contributed by atoms with E-state index in [0.29, 0.717) is 23.9 Å². The second-order valence-electron chi connectivity index (χ2n) is 6.85. The summed E-state index contributed by atoms with van der Waals surface area (Å²) in [5.41, 5.74) is 1.46. The number of nitrogens with zero attached hydrogens (tertiary/aromatic N) is 1. The van der Waals surface area contributed by atoms with Crippen LogP contribution in [0.1, 0.15) is 32.3 Å². The number of halogens is 1. The first-order valence-electron chi connectivity index (χ1n) is 7.70. The van der Waals surface area contributed by atoms with Gasteiger partial charge in [-0.25, -0.2) is 0 Å². The molecule has 1 aromatic carbocycles. The molecule has 0 spiro atoms. The highest BCUT2D eigenvalue weighted by Gasteiger charge is 2.48. The van der Waals surface area contributed by atoms with E-state index in [0.717, 1.165) is 36.5 Å². The molecule has 3 rings (SSSR count). The highest BCUT2D eigenvalue weighted by atomic mass is 35.5. The maximum Gasteiger partial charge on any atom is 0.219 e. The lowest BCUT2D eigenvalue weighted by molar-refractivity contribution is -0.131. The van der Waals surface area contributed by atoms with Crippen LogP contribution in [0.3, 0.4) is 0 Å². The van der Waals surface area contributed by atoms with Crippen molar-refractivity contribution in [2.24, 2.45) is 11.3 Å². The Bertz CT molecular complexity index is 547. The summed E-state index contributed by atoms with van der Waals surface area (Å²) < 4.78 is 0. The highest BCUT2D eigenvalue weighted by Crippen LogP contribution is 2.47. The van der Waals surface area contributed by atoms with E-state index in [1.54, 1.807) is 6.92 Å². The monoisotopic (exact) mass is 306 g/mol. The Hall–Kier alpha value is -1.06. The van der Waals surface area contributed by atoms with Crippen molar-refractivity contribution in [1.29, 1.82) is 0 Å². The molecule has 1 aliphatic heterocycles. The predicted octanol–water partition coefficient (Wildman–Crippen LogP) is 3.08. The van der Waals surface area contributed by atoms with Crippen LogP contribution >= 0.6 is 11.6 Å². The number of hydrogen-bond acceptors (Lipinski definition) is 2. The Morgan fingerprint density at radius 1 is 1.52 bits per heavy atom. The Kier molecular flexibility index (Phi) is 3.98. The lowest BCUT2D eigenvalue weighted by atomic mass is 9.83. The fourth-order valence-corrected chi connectivity index (χ4v) is 4.26. The molecular weight excluding hydrogens is 284 g/mol. The first-order chi connectivity index (χ1) is 9.98. The molecule has 3 nitrogen and oxygen atoms in total. The molecule has 1 saturated heterocycles. The summed E-state index contributed by atoms with van der Waals surface area (Å²) in [6, 6.07) is 8.18. The number of rotatable bonds is 3.